The Kier molecular flexibility index (Phi) is 12.1. The Morgan fingerprint density at radius 2 is 1.04 bits per heavy atom. The van der Waals surface area contributed by atoms with E-state index in [1.165, 1.54) is 120 Å². The van der Waals surface area contributed by atoms with Crippen LogP contribution in [0.3, 0.4) is 0 Å². The molecular formula is C22H46N+. The average Bonchev–Trinajstić information content (AvgIpc) is 2.51. The highest BCUT2D eigenvalue weighted by molar-refractivity contribution is 4.63. The molecule has 0 saturated heterocycles. The molecule has 0 amide bonds. The Labute approximate surface area is 147 Å². The SMILES string of the molecule is CCCCCCCC[N+](C)(C)C1CCCCCCCCCCC1. The smallest absolute Gasteiger partial charge is 0.0886 e. The van der Waals surface area contributed by atoms with Crippen molar-refractivity contribution in [3.63, 3.8) is 0 Å². The highest BCUT2D eigenvalue weighted by Gasteiger charge is 2.26. The van der Waals surface area contributed by atoms with Crippen molar-refractivity contribution in [2.45, 2.75) is 122 Å². The summed E-state index contributed by atoms with van der Waals surface area (Å²) < 4.78 is 1.29. The van der Waals surface area contributed by atoms with Crippen molar-refractivity contribution < 1.29 is 4.48 Å². The van der Waals surface area contributed by atoms with Crippen LogP contribution in [0.2, 0.25) is 0 Å². The molecule has 0 unspecified atom stereocenters. The van der Waals surface area contributed by atoms with Crippen LogP contribution in [-0.4, -0.2) is 31.2 Å². The van der Waals surface area contributed by atoms with Crippen LogP contribution in [0, 0.1) is 0 Å². The van der Waals surface area contributed by atoms with Crippen molar-refractivity contribution in [2.75, 3.05) is 20.6 Å². The molecule has 1 rings (SSSR count). The Hall–Kier alpha value is -0.0400. The second kappa shape index (κ2) is 13.3. The molecule has 23 heavy (non-hydrogen) atoms. The topological polar surface area (TPSA) is 0 Å². The predicted octanol–water partition coefficient (Wildman–Crippen LogP) is 7.10. The third-order valence-corrected chi connectivity index (χ3v) is 6.15. The van der Waals surface area contributed by atoms with Crippen molar-refractivity contribution in [3.8, 4) is 0 Å². The Morgan fingerprint density at radius 1 is 0.609 bits per heavy atom. The van der Waals surface area contributed by atoms with Gasteiger partial charge in [0.15, 0.2) is 0 Å². The van der Waals surface area contributed by atoms with E-state index in [2.05, 4.69) is 21.0 Å². The first kappa shape index (κ1) is 21.0. The van der Waals surface area contributed by atoms with Crippen LogP contribution in [0.1, 0.15) is 116 Å². The second-order valence-electron chi connectivity index (χ2n) is 8.68. The van der Waals surface area contributed by atoms with E-state index in [0.717, 1.165) is 6.04 Å². The van der Waals surface area contributed by atoms with E-state index >= 15 is 0 Å². The first-order chi connectivity index (χ1) is 11.2. The molecule has 0 aromatic rings. The summed E-state index contributed by atoms with van der Waals surface area (Å²) in [5.41, 5.74) is 0. The minimum Gasteiger partial charge on any atom is -0.326 e. The maximum atomic E-state index is 2.52. The van der Waals surface area contributed by atoms with Crippen LogP contribution in [0.4, 0.5) is 0 Å². The zero-order chi connectivity index (χ0) is 16.8. The van der Waals surface area contributed by atoms with Crippen molar-refractivity contribution in [3.05, 3.63) is 0 Å². The number of nitrogens with zero attached hydrogens (tertiary/aromatic N) is 1. The van der Waals surface area contributed by atoms with Crippen LogP contribution < -0.4 is 0 Å². The lowest BCUT2D eigenvalue weighted by Gasteiger charge is -2.39. The normalized spacial score (nSPS) is 20.0. The van der Waals surface area contributed by atoms with Gasteiger partial charge in [-0.15, -0.1) is 0 Å². The van der Waals surface area contributed by atoms with Crippen LogP contribution >= 0.6 is 0 Å². The lowest BCUT2D eigenvalue weighted by Crippen LogP contribution is -2.49. The van der Waals surface area contributed by atoms with Crippen molar-refractivity contribution in [2.24, 2.45) is 0 Å². The summed E-state index contributed by atoms with van der Waals surface area (Å²) in [7, 11) is 5.03. The van der Waals surface area contributed by atoms with E-state index in [0.29, 0.717) is 0 Å². The summed E-state index contributed by atoms with van der Waals surface area (Å²) in [6.07, 6.45) is 24.9. The molecule has 1 heteroatoms. The zero-order valence-electron chi connectivity index (χ0n) is 16.8. The van der Waals surface area contributed by atoms with Gasteiger partial charge in [-0.3, -0.25) is 0 Å². The maximum Gasteiger partial charge on any atom is 0.0886 e. The number of rotatable bonds is 8. The molecule has 1 nitrogen and oxygen atoms in total. The third kappa shape index (κ3) is 10.4. The fraction of sp³-hybridized carbons (Fsp3) is 1.00. The lowest BCUT2D eigenvalue weighted by molar-refractivity contribution is -0.916. The Bertz CT molecular complexity index is 247. The number of unbranched alkanes of at least 4 members (excludes halogenated alkanes) is 5. The molecule has 1 aliphatic rings. The predicted molar refractivity (Wildman–Crippen MR) is 105 cm³/mol. The summed E-state index contributed by atoms with van der Waals surface area (Å²) in [5, 5.41) is 0. The van der Waals surface area contributed by atoms with E-state index in [1.54, 1.807) is 0 Å². The highest BCUT2D eigenvalue weighted by atomic mass is 15.3. The van der Waals surface area contributed by atoms with Crippen LogP contribution in [0.5, 0.6) is 0 Å². The van der Waals surface area contributed by atoms with E-state index in [1.807, 2.05) is 0 Å². The fourth-order valence-electron chi connectivity index (χ4n) is 4.32. The number of hydrogen-bond donors (Lipinski definition) is 0. The summed E-state index contributed by atoms with van der Waals surface area (Å²) in [6.45, 7) is 3.71. The van der Waals surface area contributed by atoms with Gasteiger partial charge in [-0.2, -0.15) is 0 Å². The molecule has 1 aliphatic carbocycles. The maximum absolute atomic E-state index is 2.52. The summed E-state index contributed by atoms with van der Waals surface area (Å²) in [4.78, 5) is 0. The molecule has 0 heterocycles. The molecule has 0 aliphatic heterocycles. The molecule has 0 aromatic heterocycles. The number of hydrogen-bond acceptors (Lipinski definition) is 0. The molecule has 0 aromatic carbocycles. The first-order valence-corrected chi connectivity index (χ1v) is 11.0. The Balaban J connectivity index is 2.32. The van der Waals surface area contributed by atoms with Crippen molar-refractivity contribution >= 4 is 0 Å². The van der Waals surface area contributed by atoms with Gasteiger partial charge in [0.25, 0.3) is 0 Å². The van der Waals surface area contributed by atoms with E-state index < -0.39 is 0 Å². The minimum atomic E-state index is 0.921. The molecule has 138 valence electrons. The van der Waals surface area contributed by atoms with Gasteiger partial charge < -0.3 is 4.48 Å². The summed E-state index contributed by atoms with van der Waals surface area (Å²) in [6, 6.07) is 0.921. The minimum absolute atomic E-state index is 0.921. The lowest BCUT2D eigenvalue weighted by atomic mass is 9.95. The van der Waals surface area contributed by atoms with Crippen LogP contribution in [0.15, 0.2) is 0 Å². The summed E-state index contributed by atoms with van der Waals surface area (Å²) in [5.74, 6) is 0. The first-order valence-electron chi connectivity index (χ1n) is 11.0. The van der Waals surface area contributed by atoms with Gasteiger partial charge in [-0.05, 0) is 38.5 Å². The summed E-state index contributed by atoms with van der Waals surface area (Å²) >= 11 is 0. The number of quaternary nitrogens is 1. The van der Waals surface area contributed by atoms with E-state index in [9.17, 15) is 0 Å². The molecule has 0 radical (unpaired) electrons. The van der Waals surface area contributed by atoms with Gasteiger partial charge >= 0.3 is 0 Å². The molecule has 1 saturated carbocycles. The molecule has 0 bridgehead atoms. The molecule has 1 fully saturated rings. The highest BCUT2D eigenvalue weighted by Crippen LogP contribution is 2.24. The third-order valence-electron chi connectivity index (χ3n) is 6.15. The van der Waals surface area contributed by atoms with Crippen molar-refractivity contribution in [1.29, 1.82) is 0 Å². The van der Waals surface area contributed by atoms with Gasteiger partial charge in [0.1, 0.15) is 0 Å². The van der Waals surface area contributed by atoms with Gasteiger partial charge in [0, 0.05) is 0 Å². The van der Waals surface area contributed by atoms with Gasteiger partial charge in [0.2, 0.25) is 0 Å². The van der Waals surface area contributed by atoms with Gasteiger partial charge in [0.05, 0.1) is 26.7 Å². The zero-order valence-corrected chi connectivity index (χ0v) is 16.8. The molecule has 0 atom stereocenters. The monoisotopic (exact) mass is 324 g/mol. The van der Waals surface area contributed by atoms with Crippen LogP contribution in [-0.2, 0) is 0 Å². The fourth-order valence-corrected chi connectivity index (χ4v) is 4.32. The van der Waals surface area contributed by atoms with Crippen LogP contribution in [0.25, 0.3) is 0 Å². The molecule has 0 spiro atoms. The Morgan fingerprint density at radius 3 is 1.57 bits per heavy atom. The second-order valence-corrected chi connectivity index (χ2v) is 8.68. The molecular weight excluding hydrogens is 278 g/mol. The largest absolute Gasteiger partial charge is 0.326 e. The van der Waals surface area contributed by atoms with E-state index in [4.69, 9.17) is 0 Å². The standard InChI is InChI=1S/C22H46N/c1-4-5-6-7-15-18-21-23(2,3)22-19-16-13-11-9-8-10-12-14-17-20-22/h22H,4-21H2,1-3H3/q+1. The van der Waals surface area contributed by atoms with E-state index in [-0.39, 0.29) is 0 Å². The van der Waals surface area contributed by atoms with Gasteiger partial charge in [-0.1, -0.05) is 77.6 Å². The van der Waals surface area contributed by atoms with Crippen molar-refractivity contribution in [1.82, 2.24) is 0 Å². The quantitative estimate of drug-likeness (QED) is 0.330. The molecule has 0 N–H and O–H groups in total. The van der Waals surface area contributed by atoms with Gasteiger partial charge in [-0.25, -0.2) is 0 Å². The average molecular weight is 325 g/mol.